The molecule has 0 unspecified atom stereocenters. The van der Waals surface area contributed by atoms with Crippen molar-refractivity contribution in [2.45, 2.75) is 6.42 Å². The molecule has 0 aromatic heterocycles. The van der Waals surface area contributed by atoms with Crippen LogP contribution in [0.15, 0.2) is 18.2 Å². The lowest BCUT2D eigenvalue weighted by molar-refractivity contribution is 1.29. The van der Waals surface area contributed by atoms with Crippen LogP contribution in [0.4, 0.5) is 5.69 Å². The fourth-order valence-corrected chi connectivity index (χ4v) is 1.05. The molecule has 0 bridgehead atoms. The Morgan fingerprint density at radius 2 is 2.15 bits per heavy atom. The van der Waals surface area contributed by atoms with Crippen LogP contribution in [0.3, 0.4) is 0 Å². The van der Waals surface area contributed by atoms with Gasteiger partial charge in [-0.05, 0) is 18.2 Å². The Labute approximate surface area is 87.8 Å². The van der Waals surface area contributed by atoms with E-state index in [1.54, 1.807) is 12.1 Å². The van der Waals surface area contributed by atoms with E-state index in [1.807, 2.05) is 6.07 Å². The van der Waals surface area contributed by atoms with Crippen molar-refractivity contribution in [1.82, 2.24) is 0 Å². The Hall–Kier alpha value is -0.840. The van der Waals surface area contributed by atoms with Gasteiger partial charge in [-0.2, -0.15) is 0 Å². The quantitative estimate of drug-likeness (QED) is 0.434. The second-order valence-electron chi connectivity index (χ2n) is 2.48. The van der Waals surface area contributed by atoms with Gasteiger partial charge in [0, 0.05) is 17.9 Å². The molecular formula is C10H9Cl2N. The maximum atomic E-state index is 5.75. The highest BCUT2D eigenvalue weighted by molar-refractivity contribution is 6.33. The van der Waals surface area contributed by atoms with Gasteiger partial charge in [0.1, 0.15) is 0 Å². The topological polar surface area (TPSA) is 26.0 Å². The number of alkyl halides is 1. The third-order valence-corrected chi connectivity index (χ3v) is 1.98. The van der Waals surface area contributed by atoms with E-state index in [-0.39, 0.29) is 0 Å². The van der Waals surface area contributed by atoms with E-state index >= 15 is 0 Å². The van der Waals surface area contributed by atoms with Crippen molar-refractivity contribution in [3.05, 3.63) is 28.8 Å². The predicted molar refractivity (Wildman–Crippen MR) is 58.1 cm³/mol. The summed E-state index contributed by atoms with van der Waals surface area (Å²) in [5.74, 6) is 6.41. The number of hydrogen-bond donors (Lipinski definition) is 1. The first-order valence-corrected chi connectivity index (χ1v) is 4.75. The summed E-state index contributed by atoms with van der Waals surface area (Å²) in [7, 11) is 0. The summed E-state index contributed by atoms with van der Waals surface area (Å²) in [6.45, 7) is 0. The third kappa shape index (κ3) is 3.18. The molecule has 0 heterocycles. The summed E-state index contributed by atoms with van der Waals surface area (Å²) in [5.41, 5.74) is 7.02. The van der Waals surface area contributed by atoms with E-state index in [1.165, 1.54) is 0 Å². The number of nitrogen functional groups attached to an aromatic ring is 1. The zero-order valence-electron chi connectivity index (χ0n) is 6.98. The van der Waals surface area contributed by atoms with E-state index < -0.39 is 0 Å². The smallest absolute Gasteiger partial charge is 0.0636 e. The lowest BCUT2D eigenvalue weighted by atomic mass is 10.2. The molecule has 0 fully saturated rings. The van der Waals surface area contributed by atoms with Gasteiger partial charge in [-0.1, -0.05) is 23.4 Å². The first-order chi connectivity index (χ1) is 6.24. The number of halogens is 2. The number of anilines is 1. The van der Waals surface area contributed by atoms with Crippen LogP contribution in [-0.2, 0) is 0 Å². The average Bonchev–Trinajstić information content (AvgIpc) is 2.12. The van der Waals surface area contributed by atoms with Gasteiger partial charge >= 0.3 is 0 Å². The molecule has 1 rings (SSSR count). The minimum Gasteiger partial charge on any atom is -0.397 e. The van der Waals surface area contributed by atoms with Crippen LogP contribution in [-0.4, -0.2) is 5.88 Å². The zero-order valence-corrected chi connectivity index (χ0v) is 8.49. The van der Waals surface area contributed by atoms with E-state index in [0.29, 0.717) is 23.0 Å². The number of rotatable bonds is 1. The van der Waals surface area contributed by atoms with E-state index in [4.69, 9.17) is 28.9 Å². The fourth-order valence-electron chi connectivity index (χ4n) is 0.833. The summed E-state index contributed by atoms with van der Waals surface area (Å²) >= 11 is 11.2. The molecular weight excluding hydrogens is 205 g/mol. The third-order valence-electron chi connectivity index (χ3n) is 1.45. The van der Waals surface area contributed by atoms with Crippen LogP contribution in [0, 0.1) is 11.8 Å². The molecule has 0 atom stereocenters. The highest BCUT2D eigenvalue weighted by Crippen LogP contribution is 2.18. The SMILES string of the molecule is Nc1cc(C#CCCCl)ccc1Cl. The first-order valence-electron chi connectivity index (χ1n) is 3.84. The molecule has 0 aliphatic heterocycles. The van der Waals surface area contributed by atoms with Crippen molar-refractivity contribution in [3.8, 4) is 11.8 Å². The predicted octanol–water partition coefficient (Wildman–Crippen LogP) is 2.90. The monoisotopic (exact) mass is 213 g/mol. The largest absolute Gasteiger partial charge is 0.397 e. The van der Waals surface area contributed by atoms with Crippen molar-refractivity contribution < 1.29 is 0 Å². The molecule has 0 spiro atoms. The first kappa shape index (κ1) is 10.2. The summed E-state index contributed by atoms with van der Waals surface area (Å²) in [6.07, 6.45) is 0.685. The molecule has 68 valence electrons. The van der Waals surface area contributed by atoms with Gasteiger partial charge in [-0.3, -0.25) is 0 Å². The summed E-state index contributed by atoms with van der Waals surface area (Å²) in [4.78, 5) is 0. The zero-order chi connectivity index (χ0) is 9.68. The van der Waals surface area contributed by atoms with Crippen LogP contribution >= 0.6 is 23.2 Å². The van der Waals surface area contributed by atoms with Crippen molar-refractivity contribution >= 4 is 28.9 Å². The van der Waals surface area contributed by atoms with Gasteiger partial charge in [-0.15, -0.1) is 11.6 Å². The summed E-state index contributed by atoms with van der Waals surface area (Å²) in [5, 5.41) is 0.558. The van der Waals surface area contributed by atoms with Crippen LogP contribution in [0.5, 0.6) is 0 Å². The maximum Gasteiger partial charge on any atom is 0.0636 e. The van der Waals surface area contributed by atoms with Gasteiger partial charge in [-0.25, -0.2) is 0 Å². The minimum absolute atomic E-state index is 0.552. The summed E-state index contributed by atoms with van der Waals surface area (Å²) < 4.78 is 0. The Kier molecular flexibility index (Phi) is 3.95. The molecule has 1 nitrogen and oxygen atoms in total. The fraction of sp³-hybridized carbons (Fsp3) is 0.200. The molecule has 1 aromatic rings. The molecule has 0 saturated carbocycles. The Bertz CT molecular complexity index is 350. The van der Waals surface area contributed by atoms with Crippen LogP contribution in [0.2, 0.25) is 5.02 Å². The average molecular weight is 214 g/mol. The van der Waals surface area contributed by atoms with Crippen molar-refractivity contribution in [2.24, 2.45) is 0 Å². The molecule has 1 aromatic carbocycles. The van der Waals surface area contributed by atoms with Crippen LogP contribution < -0.4 is 5.73 Å². The van der Waals surface area contributed by atoms with E-state index in [0.717, 1.165) is 5.56 Å². The maximum absolute atomic E-state index is 5.75. The normalized spacial score (nSPS) is 9.08. The molecule has 0 amide bonds. The Morgan fingerprint density at radius 3 is 2.77 bits per heavy atom. The van der Waals surface area contributed by atoms with Crippen LogP contribution in [0.1, 0.15) is 12.0 Å². The second kappa shape index (κ2) is 5.01. The molecule has 0 aliphatic rings. The molecule has 0 aliphatic carbocycles. The van der Waals surface area contributed by atoms with Crippen molar-refractivity contribution in [2.75, 3.05) is 11.6 Å². The number of hydrogen-bond acceptors (Lipinski definition) is 1. The standard InChI is InChI=1S/C10H9Cl2N/c11-6-2-1-3-8-4-5-9(12)10(13)7-8/h4-5,7H,2,6,13H2. The van der Waals surface area contributed by atoms with Crippen molar-refractivity contribution in [3.63, 3.8) is 0 Å². The van der Waals surface area contributed by atoms with Gasteiger partial charge < -0.3 is 5.73 Å². The molecule has 0 saturated heterocycles. The lowest BCUT2D eigenvalue weighted by Gasteiger charge is -1.96. The van der Waals surface area contributed by atoms with E-state index in [9.17, 15) is 0 Å². The van der Waals surface area contributed by atoms with Crippen molar-refractivity contribution in [1.29, 1.82) is 0 Å². The highest BCUT2D eigenvalue weighted by atomic mass is 35.5. The number of nitrogens with two attached hydrogens (primary N) is 1. The summed E-state index contributed by atoms with van der Waals surface area (Å²) in [6, 6.07) is 5.32. The van der Waals surface area contributed by atoms with Gasteiger partial charge in [0.2, 0.25) is 0 Å². The Morgan fingerprint density at radius 1 is 1.38 bits per heavy atom. The molecule has 3 heteroatoms. The molecule has 13 heavy (non-hydrogen) atoms. The second-order valence-corrected chi connectivity index (χ2v) is 3.26. The minimum atomic E-state index is 0.552. The van der Waals surface area contributed by atoms with E-state index in [2.05, 4.69) is 11.8 Å². The number of benzene rings is 1. The van der Waals surface area contributed by atoms with Gasteiger partial charge in [0.15, 0.2) is 0 Å². The van der Waals surface area contributed by atoms with Gasteiger partial charge in [0.05, 0.1) is 10.7 Å². The van der Waals surface area contributed by atoms with Gasteiger partial charge in [0.25, 0.3) is 0 Å². The highest BCUT2D eigenvalue weighted by Gasteiger charge is 1.94. The molecule has 0 radical (unpaired) electrons. The van der Waals surface area contributed by atoms with Crippen LogP contribution in [0.25, 0.3) is 0 Å². The lowest BCUT2D eigenvalue weighted by Crippen LogP contribution is -1.86. The Balaban J connectivity index is 2.81. The molecule has 2 N–H and O–H groups in total.